The van der Waals surface area contributed by atoms with Crippen LogP contribution in [0.3, 0.4) is 0 Å². The Hall–Kier alpha value is -2.22. The topological polar surface area (TPSA) is 54.5 Å². The number of halogens is 1. The van der Waals surface area contributed by atoms with E-state index in [1.54, 1.807) is 16.8 Å². The Bertz CT molecular complexity index is 599. The van der Waals surface area contributed by atoms with Gasteiger partial charge in [0.1, 0.15) is 11.9 Å². The minimum Gasteiger partial charge on any atom is -0.216 e. The van der Waals surface area contributed by atoms with Crippen LogP contribution in [0.15, 0.2) is 24.3 Å². The summed E-state index contributed by atoms with van der Waals surface area (Å²) in [6, 6.07) is 7.97. The molecule has 2 aromatic rings. The Labute approximate surface area is 105 Å². The molecule has 1 aromatic carbocycles. The van der Waals surface area contributed by atoms with E-state index in [9.17, 15) is 4.39 Å². The predicted molar refractivity (Wildman–Crippen MR) is 64.7 cm³/mol. The van der Waals surface area contributed by atoms with Crippen molar-refractivity contribution in [2.75, 3.05) is 0 Å². The van der Waals surface area contributed by atoms with Crippen molar-refractivity contribution in [3.05, 3.63) is 41.5 Å². The zero-order valence-electron chi connectivity index (χ0n) is 10.5. The molecule has 92 valence electrons. The Morgan fingerprint density at radius 2 is 1.83 bits per heavy atom. The lowest BCUT2D eigenvalue weighted by Crippen LogP contribution is -2.19. The summed E-state index contributed by atoms with van der Waals surface area (Å²) in [5.41, 5.74) is 1.43. The van der Waals surface area contributed by atoms with Crippen LogP contribution in [0.25, 0.3) is 5.69 Å². The number of rotatable bonds is 1. The quantitative estimate of drug-likeness (QED) is 0.774. The molecule has 0 N–H and O–H groups in total. The largest absolute Gasteiger partial charge is 0.216 e. The highest BCUT2D eigenvalue weighted by Crippen LogP contribution is 2.26. The van der Waals surface area contributed by atoms with Crippen molar-refractivity contribution in [2.24, 2.45) is 0 Å². The highest BCUT2D eigenvalue weighted by molar-refractivity contribution is 5.39. The molecule has 0 bridgehead atoms. The van der Waals surface area contributed by atoms with Gasteiger partial charge in [0, 0.05) is 5.41 Å². The van der Waals surface area contributed by atoms with E-state index >= 15 is 0 Å². The van der Waals surface area contributed by atoms with Crippen LogP contribution in [0.5, 0.6) is 0 Å². The summed E-state index contributed by atoms with van der Waals surface area (Å²) >= 11 is 0. The number of hydrogen-bond acceptors (Lipinski definition) is 3. The molecule has 5 heteroatoms. The summed E-state index contributed by atoms with van der Waals surface area (Å²) in [4.78, 5) is 0. The minimum absolute atomic E-state index is 0.275. The van der Waals surface area contributed by atoms with Crippen LogP contribution in [-0.2, 0) is 5.41 Å². The lowest BCUT2D eigenvalue weighted by atomic mass is 9.90. The SMILES string of the molecule is CC(C)(C)c1c(C#N)nnn1-c1ccc(F)cc1. The molecule has 0 aliphatic rings. The van der Waals surface area contributed by atoms with E-state index < -0.39 is 0 Å². The third-order valence-corrected chi connectivity index (χ3v) is 2.56. The van der Waals surface area contributed by atoms with Gasteiger partial charge in [-0.05, 0) is 24.3 Å². The van der Waals surface area contributed by atoms with Gasteiger partial charge in [0.25, 0.3) is 0 Å². The number of nitrogens with zero attached hydrogens (tertiary/aromatic N) is 4. The van der Waals surface area contributed by atoms with Crippen LogP contribution in [0.1, 0.15) is 32.2 Å². The van der Waals surface area contributed by atoms with Crippen molar-refractivity contribution in [1.82, 2.24) is 15.0 Å². The van der Waals surface area contributed by atoms with Crippen LogP contribution < -0.4 is 0 Å². The average molecular weight is 244 g/mol. The van der Waals surface area contributed by atoms with E-state index in [1.165, 1.54) is 12.1 Å². The minimum atomic E-state index is -0.309. The molecule has 0 atom stereocenters. The number of hydrogen-bond donors (Lipinski definition) is 0. The summed E-state index contributed by atoms with van der Waals surface area (Å²) in [6.07, 6.45) is 0. The molecule has 0 saturated carbocycles. The van der Waals surface area contributed by atoms with Crippen molar-refractivity contribution >= 4 is 0 Å². The van der Waals surface area contributed by atoms with Gasteiger partial charge in [-0.2, -0.15) is 5.26 Å². The second kappa shape index (κ2) is 4.22. The Balaban J connectivity index is 2.63. The lowest BCUT2D eigenvalue weighted by molar-refractivity contribution is 0.541. The van der Waals surface area contributed by atoms with E-state index in [2.05, 4.69) is 10.3 Å². The molecule has 0 aliphatic carbocycles. The summed E-state index contributed by atoms with van der Waals surface area (Å²) in [7, 11) is 0. The highest BCUT2D eigenvalue weighted by Gasteiger charge is 2.26. The van der Waals surface area contributed by atoms with E-state index in [-0.39, 0.29) is 11.2 Å². The van der Waals surface area contributed by atoms with Crippen molar-refractivity contribution in [3.63, 3.8) is 0 Å². The molecule has 4 nitrogen and oxygen atoms in total. The third kappa shape index (κ3) is 2.09. The first kappa shape index (κ1) is 12.2. The molecule has 0 unspecified atom stereocenters. The Morgan fingerprint density at radius 1 is 1.22 bits per heavy atom. The van der Waals surface area contributed by atoms with E-state index in [1.807, 2.05) is 26.8 Å². The predicted octanol–water partition coefficient (Wildman–Crippen LogP) is 2.58. The van der Waals surface area contributed by atoms with Crippen LogP contribution in [0.2, 0.25) is 0 Å². The fourth-order valence-corrected chi connectivity index (χ4v) is 1.79. The zero-order valence-corrected chi connectivity index (χ0v) is 10.5. The van der Waals surface area contributed by atoms with E-state index in [0.717, 1.165) is 5.69 Å². The van der Waals surface area contributed by atoms with Gasteiger partial charge in [-0.1, -0.05) is 26.0 Å². The van der Waals surface area contributed by atoms with Gasteiger partial charge in [-0.15, -0.1) is 5.10 Å². The average Bonchev–Trinajstić information content (AvgIpc) is 2.73. The Morgan fingerprint density at radius 3 is 2.33 bits per heavy atom. The lowest BCUT2D eigenvalue weighted by Gasteiger charge is -2.19. The molecule has 1 aromatic heterocycles. The summed E-state index contributed by atoms with van der Waals surface area (Å²) in [5, 5.41) is 16.9. The van der Waals surface area contributed by atoms with E-state index in [4.69, 9.17) is 5.26 Å². The smallest absolute Gasteiger partial charge is 0.186 e. The van der Waals surface area contributed by atoms with Crippen LogP contribution in [-0.4, -0.2) is 15.0 Å². The first-order valence-electron chi connectivity index (χ1n) is 5.55. The second-order valence-electron chi connectivity index (χ2n) is 5.04. The number of nitriles is 1. The van der Waals surface area contributed by atoms with Gasteiger partial charge < -0.3 is 0 Å². The molecule has 0 fully saturated rings. The van der Waals surface area contributed by atoms with Crippen LogP contribution >= 0.6 is 0 Å². The normalized spacial score (nSPS) is 11.3. The highest BCUT2D eigenvalue weighted by atomic mass is 19.1. The summed E-state index contributed by atoms with van der Waals surface area (Å²) < 4.78 is 14.5. The molecule has 2 rings (SSSR count). The number of benzene rings is 1. The van der Waals surface area contributed by atoms with Gasteiger partial charge in [-0.3, -0.25) is 0 Å². The molecule has 18 heavy (non-hydrogen) atoms. The van der Waals surface area contributed by atoms with E-state index in [0.29, 0.717) is 11.4 Å². The van der Waals surface area contributed by atoms with Crippen molar-refractivity contribution < 1.29 is 4.39 Å². The molecule has 0 radical (unpaired) electrons. The van der Waals surface area contributed by atoms with Crippen molar-refractivity contribution in [1.29, 1.82) is 5.26 Å². The first-order valence-corrected chi connectivity index (χ1v) is 5.55. The Kier molecular flexibility index (Phi) is 2.87. The first-order chi connectivity index (χ1) is 8.43. The summed E-state index contributed by atoms with van der Waals surface area (Å²) in [5.74, 6) is -0.309. The summed E-state index contributed by atoms with van der Waals surface area (Å²) in [6.45, 7) is 5.94. The molecular weight excluding hydrogens is 231 g/mol. The fourth-order valence-electron chi connectivity index (χ4n) is 1.79. The molecule has 0 amide bonds. The molecule has 0 spiro atoms. The monoisotopic (exact) mass is 244 g/mol. The van der Waals surface area contributed by atoms with Crippen molar-refractivity contribution in [2.45, 2.75) is 26.2 Å². The van der Waals surface area contributed by atoms with Crippen molar-refractivity contribution in [3.8, 4) is 11.8 Å². The maximum atomic E-state index is 12.9. The van der Waals surface area contributed by atoms with Crippen LogP contribution in [0, 0.1) is 17.1 Å². The number of aromatic nitrogens is 3. The fraction of sp³-hybridized carbons (Fsp3) is 0.308. The van der Waals surface area contributed by atoms with Gasteiger partial charge >= 0.3 is 0 Å². The van der Waals surface area contributed by atoms with Crippen LogP contribution in [0.4, 0.5) is 4.39 Å². The van der Waals surface area contributed by atoms with Gasteiger partial charge in [0.05, 0.1) is 11.4 Å². The maximum Gasteiger partial charge on any atom is 0.186 e. The molecule has 1 heterocycles. The molecular formula is C13H13FN4. The zero-order chi connectivity index (χ0) is 13.3. The molecule has 0 saturated heterocycles. The van der Waals surface area contributed by atoms with Gasteiger partial charge in [-0.25, -0.2) is 9.07 Å². The standard InChI is InChI=1S/C13H13FN4/c1-13(2,3)12-11(8-15)16-17-18(12)10-6-4-9(14)5-7-10/h4-7H,1-3H3. The van der Waals surface area contributed by atoms with Gasteiger partial charge in [0.15, 0.2) is 5.69 Å². The maximum absolute atomic E-state index is 12.9. The molecule has 0 aliphatic heterocycles. The second-order valence-corrected chi connectivity index (χ2v) is 5.04. The van der Waals surface area contributed by atoms with Gasteiger partial charge in [0.2, 0.25) is 0 Å². The third-order valence-electron chi connectivity index (χ3n) is 2.56.